The van der Waals surface area contributed by atoms with Gasteiger partial charge in [-0.2, -0.15) is 11.8 Å². The molecule has 0 aliphatic rings. The summed E-state index contributed by atoms with van der Waals surface area (Å²) in [4.78, 5) is 5.55. The average molecular weight is 209 g/mol. The SMILES string of the molecule is CSC(C)c1cnc2sccc2c1. The third kappa shape index (κ3) is 1.71. The van der Waals surface area contributed by atoms with Crippen LogP contribution in [0.5, 0.6) is 0 Å². The molecule has 0 saturated carbocycles. The highest BCUT2D eigenvalue weighted by atomic mass is 32.2. The van der Waals surface area contributed by atoms with Gasteiger partial charge >= 0.3 is 0 Å². The van der Waals surface area contributed by atoms with E-state index in [0.29, 0.717) is 5.25 Å². The number of nitrogens with zero attached hydrogens (tertiary/aromatic N) is 1. The minimum Gasteiger partial charge on any atom is -0.245 e. The van der Waals surface area contributed by atoms with Gasteiger partial charge in [0, 0.05) is 16.8 Å². The highest BCUT2D eigenvalue weighted by Crippen LogP contribution is 2.28. The van der Waals surface area contributed by atoms with Gasteiger partial charge in [0.2, 0.25) is 0 Å². The van der Waals surface area contributed by atoms with Gasteiger partial charge in [-0.15, -0.1) is 11.3 Å². The van der Waals surface area contributed by atoms with E-state index in [1.165, 1.54) is 10.9 Å². The van der Waals surface area contributed by atoms with Crippen molar-refractivity contribution >= 4 is 33.3 Å². The Morgan fingerprint density at radius 3 is 3.15 bits per heavy atom. The predicted octanol–water partition coefficient (Wildman–Crippen LogP) is 3.72. The normalized spacial score (nSPS) is 13.4. The van der Waals surface area contributed by atoms with E-state index in [2.05, 4.69) is 35.7 Å². The van der Waals surface area contributed by atoms with E-state index in [1.807, 2.05) is 18.0 Å². The summed E-state index contributed by atoms with van der Waals surface area (Å²) in [6.45, 7) is 2.21. The van der Waals surface area contributed by atoms with Gasteiger partial charge in [-0.05, 0) is 36.3 Å². The van der Waals surface area contributed by atoms with E-state index >= 15 is 0 Å². The van der Waals surface area contributed by atoms with Crippen LogP contribution < -0.4 is 0 Å². The lowest BCUT2D eigenvalue weighted by molar-refractivity contribution is 1.09. The molecule has 0 fully saturated rings. The second kappa shape index (κ2) is 3.68. The largest absolute Gasteiger partial charge is 0.245 e. The molecule has 2 heterocycles. The Morgan fingerprint density at radius 1 is 1.54 bits per heavy atom. The molecule has 1 atom stereocenters. The Morgan fingerprint density at radius 2 is 2.38 bits per heavy atom. The average Bonchev–Trinajstić information content (AvgIpc) is 2.63. The Balaban J connectivity index is 2.48. The fourth-order valence-electron chi connectivity index (χ4n) is 1.23. The molecule has 0 amide bonds. The van der Waals surface area contributed by atoms with Crippen LogP contribution in [0.25, 0.3) is 10.2 Å². The van der Waals surface area contributed by atoms with Crippen molar-refractivity contribution in [2.75, 3.05) is 6.26 Å². The molecule has 0 aliphatic heterocycles. The first-order chi connectivity index (χ1) is 6.31. The minimum absolute atomic E-state index is 0.539. The number of rotatable bonds is 2. The topological polar surface area (TPSA) is 12.9 Å². The fraction of sp³-hybridized carbons (Fsp3) is 0.300. The molecule has 0 aromatic carbocycles. The number of pyridine rings is 1. The first kappa shape index (κ1) is 9.03. The summed E-state index contributed by atoms with van der Waals surface area (Å²) in [5, 5.41) is 3.89. The molecule has 13 heavy (non-hydrogen) atoms. The van der Waals surface area contributed by atoms with Gasteiger partial charge in [-0.25, -0.2) is 4.98 Å². The van der Waals surface area contributed by atoms with E-state index in [9.17, 15) is 0 Å². The number of thioether (sulfide) groups is 1. The molecule has 1 nitrogen and oxygen atoms in total. The van der Waals surface area contributed by atoms with Crippen molar-refractivity contribution in [1.82, 2.24) is 4.98 Å². The van der Waals surface area contributed by atoms with Crippen LogP contribution in [0.1, 0.15) is 17.7 Å². The zero-order chi connectivity index (χ0) is 9.26. The molecular weight excluding hydrogens is 198 g/mol. The van der Waals surface area contributed by atoms with Crippen LogP contribution in [0.15, 0.2) is 23.7 Å². The van der Waals surface area contributed by atoms with Crippen LogP contribution in [0.4, 0.5) is 0 Å². The Labute approximate surface area is 86.2 Å². The van der Waals surface area contributed by atoms with Crippen LogP contribution in [0.3, 0.4) is 0 Å². The maximum atomic E-state index is 4.42. The molecule has 1 unspecified atom stereocenters. The monoisotopic (exact) mass is 209 g/mol. The van der Waals surface area contributed by atoms with Crippen molar-refractivity contribution in [2.24, 2.45) is 0 Å². The third-order valence-corrected chi connectivity index (χ3v) is 3.97. The standard InChI is InChI=1S/C10H11NS2/c1-7(12-2)9-5-8-3-4-13-10(8)11-6-9/h3-7H,1-2H3. The minimum atomic E-state index is 0.539. The number of fused-ring (bicyclic) bond motifs is 1. The van der Waals surface area contributed by atoms with Crippen LogP contribution in [-0.2, 0) is 0 Å². The van der Waals surface area contributed by atoms with Gasteiger partial charge in [0.25, 0.3) is 0 Å². The number of hydrogen-bond donors (Lipinski definition) is 0. The molecule has 0 aliphatic carbocycles. The van der Waals surface area contributed by atoms with Crippen molar-refractivity contribution < 1.29 is 0 Å². The summed E-state index contributed by atoms with van der Waals surface area (Å²) < 4.78 is 0. The second-order valence-corrected chi connectivity index (χ2v) is 5.03. The summed E-state index contributed by atoms with van der Waals surface area (Å²) in [6, 6.07) is 4.36. The maximum absolute atomic E-state index is 4.42. The van der Waals surface area contributed by atoms with Crippen molar-refractivity contribution in [1.29, 1.82) is 0 Å². The van der Waals surface area contributed by atoms with E-state index in [-0.39, 0.29) is 0 Å². The van der Waals surface area contributed by atoms with E-state index < -0.39 is 0 Å². The van der Waals surface area contributed by atoms with Crippen molar-refractivity contribution in [3.8, 4) is 0 Å². The molecule has 0 radical (unpaired) electrons. The highest BCUT2D eigenvalue weighted by Gasteiger charge is 2.05. The zero-order valence-corrected chi connectivity index (χ0v) is 9.28. The van der Waals surface area contributed by atoms with Gasteiger partial charge in [0.05, 0.1) is 0 Å². The number of hydrogen-bond acceptors (Lipinski definition) is 3. The fourth-order valence-corrected chi connectivity index (χ4v) is 2.36. The van der Waals surface area contributed by atoms with Gasteiger partial charge in [0.1, 0.15) is 4.83 Å². The first-order valence-corrected chi connectivity index (χ1v) is 6.34. The number of aromatic nitrogens is 1. The Bertz CT molecular complexity index is 408. The molecule has 2 aromatic rings. The molecule has 2 rings (SSSR count). The molecule has 0 bridgehead atoms. The van der Waals surface area contributed by atoms with Crippen molar-refractivity contribution in [3.05, 3.63) is 29.3 Å². The molecule has 68 valence electrons. The number of thiophene rings is 1. The highest BCUT2D eigenvalue weighted by molar-refractivity contribution is 7.98. The summed E-state index contributed by atoms with van der Waals surface area (Å²) in [5.41, 5.74) is 1.32. The van der Waals surface area contributed by atoms with Crippen LogP contribution in [0.2, 0.25) is 0 Å². The lowest BCUT2D eigenvalue weighted by Crippen LogP contribution is -1.87. The maximum Gasteiger partial charge on any atom is 0.123 e. The lowest BCUT2D eigenvalue weighted by atomic mass is 10.2. The van der Waals surface area contributed by atoms with Gasteiger partial charge in [0.15, 0.2) is 0 Å². The van der Waals surface area contributed by atoms with E-state index in [0.717, 1.165) is 4.83 Å². The second-order valence-electron chi connectivity index (χ2n) is 2.96. The van der Waals surface area contributed by atoms with Crippen molar-refractivity contribution in [2.45, 2.75) is 12.2 Å². The van der Waals surface area contributed by atoms with Gasteiger partial charge in [-0.3, -0.25) is 0 Å². The Kier molecular flexibility index (Phi) is 2.56. The molecule has 2 aromatic heterocycles. The van der Waals surface area contributed by atoms with Crippen LogP contribution in [0, 0.1) is 0 Å². The summed E-state index contributed by atoms with van der Waals surface area (Å²) in [5.74, 6) is 0. The molecule has 3 heteroatoms. The van der Waals surface area contributed by atoms with Crippen LogP contribution in [-0.4, -0.2) is 11.2 Å². The van der Waals surface area contributed by atoms with E-state index in [1.54, 1.807) is 11.3 Å². The van der Waals surface area contributed by atoms with Gasteiger partial charge in [-0.1, -0.05) is 0 Å². The predicted molar refractivity (Wildman–Crippen MR) is 61.6 cm³/mol. The smallest absolute Gasteiger partial charge is 0.123 e. The van der Waals surface area contributed by atoms with Crippen molar-refractivity contribution in [3.63, 3.8) is 0 Å². The lowest BCUT2D eigenvalue weighted by Gasteiger charge is -2.07. The van der Waals surface area contributed by atoms with Gasteiger partial charge < -0.3 is 0 Å². The molecule has 0 saturated heterocycles. The first-order valence-electron chi connectivity index (χ1n) is 4.17. The molecular formula is C10H11NS2. The molecule has 0 N–H and O–H groups in total. The summed E-state index contributed by atoms with van der Waals surface area (Å²) >= 11 is 3.55. The third-order valence-electron chi connectivity index (χ3n) is 2.15. The zero-order valence-electron chi connectivity index (χ0n) is 7.65. The van der Waals surface area contributed by atoms with E-state index in [4.69, 9.17) is 0 Å². The Hall–Kier alpha value is -0.540. The molecule has 0 spiro atoms. The quantitative estimate of drug-likeness (QED) is 0.747. The summed E-state index contributed by atoms with van der Waals surface area (Å²) in [7, 11) is 0. The van der Waals surface area contributed by atoms with Crippen LogP contribution >= 0.6 is 23.1 Å². The summed E-state index contributed by atoms with van der Waals surface area (Å²) in [6.07, 6.45) is 4.11.